The second-order valence-electron chi connectivity index (χ2n) is 5.37. The lowest BCUT2D eigenvalue weighted by Crippen LogP contribution is -2.35. The zero-order valence-electron chi connectivity index (χ0n) is 11.9. The summed E-state index contributed by atoms with van der Waals surface area (Å²) in [7, 11) is 1.77. The summed E-state index contributed by atoms with van der Waals surface area (Å²) in [5.74, 6) is 2.02. The first kappa shape index (κ1) is 13.6. The van der Waals surface area contributed by atoms with E-state index in [4.69, 9.17) is 10.5 Å². The van der Waals surface area contributed by atoms with Crippen molar-refractivity contribution in [3.05, 3.63) is 10.9 Å². The Hall–Kier alpha value is -1.40. The van der Waals surface area contributed by atoms with Gasteiger partial charge in [0.05, 0.1) is 5.39 Å². The molecule has 3 heterocycles. The number of rotatable bonds is 3. The van der Waals surface area contributed by atoms with E-state index in [-0.39, 0.29) is 0 Å². The number of methoxy groups -OCH3 is 1. The second-order valence-corrected chi connectivity index (χ2v) is 6.60. The van der Waals surface area contributed by atoms with Gasteiger partial charge in [-0.25, -0.2) is 4.98 Å². The van der Waals surface area contributed by atoms with Crippen LogP contribution >= 0.6 is 11.3 Å². The van der Waals surface area contributed by atoms with Crippen molar-refractivity contribution < 1.29 is 4.74 Å². The van der Waals surface area contributed by atoms with E-state index in [9.17, 15) is 0 Å². The Bertz CT molecular complexity index is 604. The van der Waals surface area contributed by atoms with E-state index >= 15 is 0 Å². The van der Waals surface area contributed by atoms with Gasteiger partial charge in [0.2, 0.25) is 5.95 Å². The molecule has 1 saturated heterocycles. The normalized spacial score (nSPS) is 17.0. The number of nitrogen functional groups attached to an aromatic ring is 1. The molecule has 108 valence electrons. The van der Waals surface area contributed by atoms with E-state index in [0.29, 0.717) is 11.9 Å². The number of hydrogen-bond acceptors (Lipinski definition) is 6. The highest BCUT2D eigenvalue weighted by Crippen LogP contribution is 2.33. The average molecular weight is 292 g/mol. The first-order valence-electron chi connectivity index (χ1n) is 6.95. The zero-order valence-corrected chi connectivity index (χ0v) is 12.7. The van der Waals surface area contributed by atoms with Crippen LogP contribution < -0.4 is 10.6 Å². The molecule has 0 amide bonds. The molecule has 0 saturated carbocycles. The van der Waals surface area contributed by atoms with Crippen LogP contribution in [0, 0.1) is 12.8 Å². The molecule has 0 unspecified atom stereocenters. The van der Waals surface area contributed by atoms with Crippen LogP contribution in [0.25, 0.3) is 10.2 Å². The van der Waals surface area contributed by atoms with Gasteiger partial charge in [-0.15, -0.1) is 11.3 Å². The van der Waals surface area contributed by atoms with Gasteiger partial charge in [0, 0.05) is 31.7 Å². The van der Waals surface area contributed by atoms with E-state index in [2.05, 4.69) is 27.9 Å². The number of nitrogens with two attached hydrogens (primary N) is 1. The molecule has 1 fully saturated rings. The summed E-state index contributed by atoms with van der Waals surface area (Å²) in [5.41, 5.74) is 5.85. The summed E-state index contributed by atoms with van der Waals surface area (Å²) in [6, 6.07) is 2.16. The van der Waals surface area contributed by atoms with Crippen molar-refractivity contribution in [3.63, 3.8) is 0 Å². The topological polar surface area (TPSA) is 64.3 Å². The molecule has 2 aromatic rings. The minimum atomic E-state index is 0.369. The molecule has 0 bridgehead atoms. The third-order valence-corrected chi connectivity index (χ3v) is 4.77. The van der Waals surface area contributed by atoms with Crippen LogP contribution in [0.15, 0.2) is 6.07 Å². The van der Waals surface area contributed by atoms with Gasteiger partial charge in [-0.2, -0.15) is 4.98 Å². The van der Waals surface area contributed by atoms with Crippen molar-refractivity contribution in [2.24, 2.45) is 5.92 Å². The number of anilines is 2. The average Bonchev–Trinajstić information content (AvgIpc) is 2.79. The predicted octanol–water partition coefficient (Wildman–Crippen LogP) is 2.44. The molecule has 0 aliphatic carbocycles. The van der Waals surface area contributed by atoms with Gasteiger partial charge in [-0.1, -0.05) is 0 Å². The number of hydrogen-bond donors (Lipinski definition) is 1. The van der Waals surface area contributed by atoms with Crippen molar-refractivity contribution in [3.8, 4) is 0 Å². The molecule has 5 nitrogen and oxygen atoms in total. The summed E-state index contributed by atoms with van der Waals surface area (Å²) >= 11 is 1.68. The Kier molecular flexibility index (Phi) is 3.76. The van der Waals surface area contributed by atoms with Crippen molar-refractivity contribution in [2.45, 2.75) is 19.8 Å². The van der Waals surface area contributed by atoms with Crippen LogP contribution in [-0.2, 0) is 4.74 Å². The lowest BCUT2D eigenvalue weighted by molar-refractivity contribution is 0.139. The highest BCUT2D eigenvalue weighted by atomic mass is 32.1. The number of nitrogens with zero attached hydrogens (tertiary/aromatic N) is 3. The third kappa shape index (κ3) is 2.58. The maximum absolute atomic E-state index is 5.85. The van der Waals surface area contributed by atoms with Crippen LogP contribution in [0.1, 0.15) is 17.7 Å². The Labute approximate surface area is 122 Å². The van der Waals surface area contributed by atoms with Gasteiger partial charge in [0.1, 0.15) is 10.6 Å². The quantitative estimate of drug-likeness (QED) is 0.941. The highest BCUT2D eigenvalue weighted by Gasteiger charge is 2.22. The lowest BCUT2D eigenvalue weighted by Gasteiger charge is -2.32. The van der Waals surface area contributed by atoms with Gasteiger partial charge < -0.3 is 15.4 Å². The summed E-state index contributed by atoms with van der Waals surface area (Å²) in [4.78, 5) is 13.4. The number of thiophene rings is 1. The van der Waals surface area contributed by atoms with Crippen LogP contribution in [0.3, 0.4) is 0 Å². The van der Waals surface area contributed by atoms with Gasteiger partial charge in [0.25, 0.3) is 0 Å². The number of piperidine rings is 1. The molecule has 0 atom stereocenters. The third-order valence-electron chi connectivity index (χ3n) is 3.83. The van der Waals surface area contributed by atoms with Crippen LogP contribution in [0.4, 0.5) is 11.8 Å². The Balaban J connectivity index is 1.87. The van der Waals surface area contributed by atoms with E-state index in [1.807, 2.05) is 0 Å². The monoisotopic (exact) mass is 292 g/mol. The standard InChI is InChI=1S/C14H20N4OS/c1-9-7-11-12(16-14(15)17-13(11)20-9)18-5-3-10(4-6-18)8-19-2/h7,10H,3-6,8H2,1-2H3,(H2,15,16,17). The maximum atomic E-state index is 5.85. The van der Waals surface area contributed by atoms with Crippen molar-refractivity contribution in [1.29, 1.82) is 0 Å². The summed E-state index contributed by atoms with van der Waals surface area (Å²) in [6.45, 7) is 4.97. The fourth-order valence-corrected chi connectivity index (χ4v) is 3.71. The molecule has 0 aromatic carbocycles. The number of ether oxygens (including phenoxy) is 1. The largest absolute Gasteiger partial charge is 0.384 e. The van der Waals surface area contributed by atoms with Crippen LogP contribution in [0.5, 0.6) is 0 Å². The van der Waals surface area contributed by atoms with Gasteiger partial charge in [-0.3, -0.25) is 0 Å². The molecule has 6 heteroatoms. The van der Waals surface area contributed by atoms with Crippen LogP contribution in [-0.4, -0.2) is 36.8 Å². The van der Waals surface area contributed by atoms with Crippen LogP contribution in [0.2, 0.25) is 0 Å². The smallest absolute Gasteiger partial charge is 0.223 e. The molecule has 1 aliphatic heterocycles. The number of aryl methyl sites for hydroxylation is 1. The molecule has 0 spiro atoms. The molecule has 20 heavy (non-hydrogen) atoms. The van der Waals surface area contributed by atoms with Gasteiger partial charge >= 0.3 is 0 Å². The number of fused-ring (bicyclic) bond motifs is 1. The summed E-state index contributed by atoms with van der Waals surface area (Å²) in [5, 5.41) is 1.13. The Morgan fingerprint density at radius 1 is 1.40 bits per heavy atom. The second kappa shape index (κ2) is 5.54. The summed E-state index contributed by atoms with van der Waals surface area (Å²) in [6.07, 6.45) is 2.28. The van der Waals surface area contributed by atoms with E-state index < -0.39 is 0 Å². The van der Waals surface area contributed by atoms with E-state index in [1.165, 1.54) is 4.88 Å². The number of aromatic nitrogens is 2. The fourth-order valence-electron chi connectivity index (χ4n) is 2.83. The van der Waals surface area contributed by atoms with E-state index in [1.54, 1.807) is 18.4 Å². The van der Waals surface area contributed by atoms with E-state index in [0.717, 1.165) is 48.6 Å². The molecule has 3 rings (SSSR count). The molecule has 2 aromatic heterocycles. The van der Waals surface area contributed by atoms with Gasteiger partial charge in [-0.05, 0) is 31.7 Å². The Morgan fingerprint density at radius 3 is 2.85 bits per heavy atom. The predicted molar refractivity (Wildman–Crippen MR) is 83.4 cm³/mol. The maximum Gasteiger partial charge on any atom is 0.223 e. The first-order valence-corrected chi connectivity index (χ1v) is 7.76. The molecular weight excluding hydrogens is 272 g/mol. The summed E-state index contributed by atoms with van der Waals surface area (Å²) < 4.78 is 5.25. The zero-order chi connectivity index (χ0) is 14.1. The van der Waals surface area contributed by atoms with Crippen molar-refractivity contribution in [2.75, 3.05) is 37.4 Å². The van der Waals surface area contributed by atoms with Gasteiger partial charge in [0.15, 0.2) is 0 Å². The molecule has 2 N–H and O–H groups in total. The van der Waals surface area contributed by atoms with Crippen molar-refractivity contribution in [1.82, 2.24) is 9.97 Å². The minimum Gasteiger partial charge on any atom is -0.384 e. The molecule has 0 radical (unpaired) electrons. The minimum absolute atomic E-state index is 0.369. The SMILES string of the molecule is COCC1CCN(c2nc(N)nc3sc(C)cc23)CC1. The van der Waals surface area contributed by atoms with Crippen molar-refractivity contribution >= 4 is 33.3 Å². The lowest BCUT2D eigenvalue weighted by atomic mass is 9.98. The Morgan fingerprint density at radius 2 is 2.15 bits per heavy atom. The molecular formula is C14H20N4OS. The fraction of sp³-hybridized carbons (Fsp3) is 0.571. The molecule has 1 aliphatic rings. The first-order chi connectivity index (χ1) is 9.67. The highest BCUT2D eigenvalue weighted by molar-refractivity contribution is 7.18.